The summed E-state index contributed by atoms with van der Waals surface area (Å²) in [6, 6.07) is 105. The van der Waals surface area contributed by atoms with Crippen molar-refractivity contribution >= 4 is 131 Å². The van der Waals surface area contributed by atoms with Gasteiger partial charge in [0.2, 0.25) is 0 Å². The van der Waals surface area contributed by atoms with Gasteiger partial charge in [-0.25, -0.2) is 8.78 Å². The second-order valence-corrected chi connectivity index (χ2v) is 24.6. The minimum Gasteiger partial charge on any atom is -0.309 e. The summed E-state index contributed by atoms with van der Waals surface area (Å²) in [4.78, 5) is 0. The molecule has 0 amide bonds. The van der Waals surface area contributed by atoms with Gasteiger partial charge in [-0.1, -0.05) is 170 Å². The highest BCUT2D eigenvalue weighted by Gasteiger charge is 2.26. The topological polar surface area (TPSA) is 53.4 Å². The molecule has 20 aromatic rings. The number of nitrogens with zero attached hydrogens (tertiary/aromatic N) is 7. The minimum absolute atomic E-state index is 0.308. The van der Waals surface area contributed by atoms with Crippen molar-refractivity contribution in [3.05, 3.63) is 314 Å². The molecule has 0 saturated heterocycles. The number of halogens is 2. The highest BCUT2D eigenvalue weighted by atomic mass is 19.1. The number of benzene rings is 14. The molecule has 20 rings (SSSR count). The molecule has 438 valence electrons. The number of rotatable bonds is 7. The fourth-order valence-corrected chi connectivity index (χ4v) is 15.8. The second kappa shape index (κ2) is 19.6. The fourth-order valence-electron chi connectivity index (χ4n) is 15.8. The minimum atomic E-state index is -0.722. The number of fused-ring (bicyclic) bond motifs is 18. The summed E-state index contributed by atoms with van der Waals surface area (Å²) in [7, 11) is 0. The number of aromatic nitrogens is 6. The van der Waals surface area contributed by atoms with Crippen LogP contribution in [0.1, 0.15) is 5.56 Å². The molecule has 0 atom stereocenters. The van der Waals surface area contributed by atoms with E-state index in [1.807, 2.05) is 12.1 Å². The van der Waals surface area contributed by atoms with Gasteiger partial charge in [0.15, 0.2) is 0 Å². The molecule has 0 spiro atoms. The normalized spacial score (nSPS) is 12.1. The van der Waals surface area contributed by atoms with Gasteiger partial charge in [0.25, 0.3) is 0 Å². The Morgan fingerprint density at radius 2 is 0.468 bits per heavy atom. The van der Waals surface area contributed by atoms with Gasteiger partial charge >= 0.3 is 0 Å². The van der Waals surface area contributed by atoms with Crippen molar-refractivity contribution in [3.8, 4) is 51.3 Å². The molecule has 0 bridgehead atoms. The van der Waals surface area contributed by atoms with E-state index in [1.54, 1.807) is 0 Å². The second-order valence-electron chi connectivity index (χ2n) is 24.6. The van der Waals surface area contributed by atoms with Gasteiger partial charge in [-0.05, 0) is 127 Å². The number of hydrogen-bond acceptors (Lipinski definition) is 1. The van der Waals surface area contributed by atoms with Gasteiger partial charge in [-0.15, -0.1) is 0 Å². The van der Waals surface area contributed by atoms with Crippen LogP contribution >= 0.6 is 0 Å². The Labute approximate surface area is 535 Å². The number of para-hydroxylation sites is 8. The van der Waals surface area contributed by atoms with Crippen molar-refractivity contribution in [1.29, 1.82) is 5.26 Å². The summed E-state index contributed by atoms with van der Waals surface area (Å²) in [5.74, 6) is -1.44. The van der Waals surface area contributed by atoms with Crippen LogP contribution in [0.15, 0.2) is 297 Å². The summed E-state index contributed by atoms with van der Waals surface area (Å²) in [5, 5.41) is 25.1. The first kappa shape index (κ1) is 52.0. The lowest BCUT2D eigenvalue weighted by Crippen LogP contribution is -2.05. The maximum atomic E-state index is 16.4. The average molecular weight is 1210 g/mol. The molecule has 7 nitrogen and oxygen atoms in total. The summed E-state index contributed by atoms with van der Waals surface area (Å²) in [6.45, 7) is 0. The van der Waals surface area contributed by atoms with Gasteiger partial charge < -0.3 is 27.4 Å². The van der Waals surface area contributed by atoms with Crippen molar-refractivity contribution in [3.63, 3.8) is 0 Å². The Balaban J connectivity index is 0.917. The highest BCUT2D eigenvalue weighted by Crippen LogP contribution is 2.46. The maximum absolute atomic E-state index is 16.4. The third kappa shape index (κ3) is 7.33. The smallest absolute Gasteiger partial charge is 0.126 e. The Kier molecular flexibility index (Phi) is 10.9. The molecule has 6 heterocycles. The van der Waals surface area contributed by atoms with E-state index in [4.69, 9.17) is 0 Å². The van der Waals surface area contributed by atoms with E-state index in [9.17, 15) is 5.26 Å². The Morgan fingerprint density at radius 3 is 0.734 bits per heavy atom. The van der Waals surface area contributed by atoms with Crippen LogP contribution in [0, 0.1) is 23.0 Å². The Morgan fingerprint density at radius 1 is 0.223 bits per heavy atom. The van der Waals surface area contributed by atoms with Crippen LogP contribution in [0.3, 0.4) is 0 Å². The summed E-state index contributed by atoms with van der Waals surface area (Å²) < 4.78 is 46.6. The van der Waals surface area contributed by atoms with Crippen LogP contribution < -0.4 is 0 Å². The van der Waals surface area contributed by atoms with E-state index < -0.39 is 11.6 Å². The molecule has 9 heteroatoms. The van der Waals surface area contributed by atoms with Crippen LogP contribution in [0.5, 0.6) is 0 Å². The molecule has 14 aromatic carbocycles. The van der Waals surface area contributed by atoms with E-state index in [1.165, 1.54) is 12.1 Å². The largest absolute Gasteiger partial charge is 0.309 e. The molecule has 0 aliphatic rings. The van der Waals surface area contributed by atoms with Crippen LogP contribution in [0.2, 0.25) is 0 Å². The zero-order valence-electron chi connectivity index (χ0n) is 50.2. The molecule has 0 radical (unpaired) electrons. The molecule has 0 unspecified atom stereocenters. The molecule has 6 aromatic heterocycles. The van der Waals surface area contributed by atoms with Crippen molar-refractivity contribution in [1.82, 2.24) is 27.4 Å². The lowest BCUT2D eigenvalue weighted by atomic mass is 9.98. The van der Waals surface area contributed by atoms with Gasteiger partial charge in [0, 0.05) is 99.0 Å². The summed E-state index contributed by atoms with van der Waals surface area (Å²) in [5.41, 5.74) is 17.8. The molecule has 0 N–H and O–H groups in total. The molecular weight excluding hydrogens is 1160 g/mol. The summed E-state index contributed by atoms with van der Waals surface area (Å²) >= 11 is 0. The predicted octanol–water partition coefficient (Wildman–Crippen LogP) is 22.1. The van der Waals surface area contributed by atoms with E-state index in [2.05, 4.69) is 300 Å². The van der Waals surface area contributed by atoms with E-state index in [0.717, 1.165) is 160 Å². The molecule has 0 saturated carbocycles. The van der Waals surface area contributed by atoms with Crippen LogP contribution in [0.25, 0.3) is 176 Å². The van der Waals surface area contributed by atoms with Gasteiger partial charge in [-0.3, -0.25) is 0 Å². The lowest BCUT2D eigenvalue weighted by molar-refractivity contribution is 0.584. The average Bonchev–Trinajstić information content (AvgIpc) is 1.54. The standard InChI is InChI=1S/C85H49F2N7/c86-53-41-51(42-54(87)44-53)71-49-80(93-82-45-55(89-72-25-9-1-17-59(72)60-18-2-10-26-73(60)89)33-37-67(82)68-38-34-56(46-83(68)93)90-74-27-11-3-19-61(74)62-20-4-12-28-75(62)90)52(50-88)43-81(71)94-84-47-57(91-76-29-13-5-21-63(76)64-22-6-14-30-77(64)91)35-39-69(84)70-40-36-58(48-85(70)94)92-78-31-15-7-23-65(78)66-24-8-16-32-79(66)92/h1-49H. The zero-order valence-corrected chi connectivity index (χ0v) is 50.2. The third-order valence-corrected chi connectivity index (χ3v) is 19.7. The van der Waals surface area contributed by atoms with Gasteiger partial charge in [0.05, 0.1) is 83.1 Å². The van der Waals surface area contributed by atoms with Gasteiger partial charge in [-0.2, -0.15) is 5.26 Å². The molecule has 0 aliphatic carbocycles. The van der Waals surface area contributed by atoms with Crippen molar-refractivity contribution in [2.75, 3.05) is 0 Å². The van der Waals surface area contributed by atoms with Crippen molar-refractivity contribution in [2.45, 2.75) is 0 Å². The first-order valence-electron chi connectivity index (χ1n) is 31.6. The summed E-state index contributed by atoms with van der Waals surface area (Å²) in [6.07, 6.45) is 0. The maximum Gasteiger partial charge on any atom is 0.126 e. The van der Waals surface area contributed by atoms with Gasteiger partial charge in [0.1, 0.15) is 17.7 Å². The Bertz CT molecular complexity index is 6160. The molecular formula is C85H49F2N7. The molecule has 94 heavy (non-hydrogen) atoms. The van der Waals surface area contributed by atoms with E-state index in [0.29, 0.717) is 28.1 Å². The third-order valence-electron chi connectivity index (χ3n) is 19.7. The Hall–Kier alpha value is -12.8. The predicted molar refractivity (Wildman–Crippen MR) is 383 cm³/mol. The van der Waals surface area contributed by atoms with E-state index in [-0.39, 0.29) is 0 Å². The van der Waals surface area contributed by atoms with Crippen LogP contribution in [-0.4, -0.2) is 27.4 Å². The fraction of sp³-hybridized carbons (Fsp3) is 0. The van der Waals surface area contributed by atoms with Crippen molar-refractivity contribution < 1.29 is 8.78 Å². The first-order chi connectivity index (χ1) is 46.4. The van der Waals surface area contributed by atoms with Crippen LogP contribution in [-0.2, 0) is 0 Å². The molecule has 0 fully saturated rings. The lowest BCUT2D eigenvalue weighted by Gasteiger charge is -2.20. The SMILES string of the molecule is N#Cc1cc(-n2c3cc(-n4c5ccccc5c5ccccc54)ccc3c3ccc(-n4c5ccccc5c5ccccc54)cc32)c(-c2cc(F)cc(F)c2)cc1-n1c2cc(-n3c4ccccc4c4ccccc43)ccc2c2ccc(-n3c4ccccc4c4ccccc43)cc21. The number of nitriles is 1. The quantitative estimate of drug-likeness (QED) is 0.157. The highest BCUT2D eigenvalue weighted by molar-refractivity contribution is 6.17. The monoisotopic (exact) mass is 1210 g/mol. The zero-order chi connectivity index (χ0) is 62.0. The van der Waals surface area contributed by atoms with Crippen molar-refractivity contribution in [2.24, 2.45) is 0 Å². The molecule has 0 aliphatic heterocycles. The first-order valence-corrected chi connectivity index (χ1v) is 31.6. The van der Waals surface area contributed by atoms with Crippen LogP contribution in [0.4, 0.5) is 8.78 Å². The van der Waals surface area contributed by atoms with E-state index >= 15 is 8.78 Å². The number of hydrogen-bond donors (Lipinski definition) is 0.